The van der Waals surface area contributed by atoms with E-state index in [0.717, 1.165) is 55.9 Å². The van der Waals surface area contributed by atoms with E-state index in [1.165, 1.54) is 11.1 Å². The van der Waals surface area contributed by atoms with Gasteiger partial charge in [0.25, 0.3) is 0 Å². The van der Waals surface area contributed by atoms with Crippen molar-refractivity contribution in [1.82, 2.24) is 0 Å². The molecule has 11 heteroatoms. The van der Waals surface area contributed by atoms with Crippen molar-refractivity contribution < 1.29 is 32.5 Å². The molecule has 2 aromatic rings. The highest BCUT2D eigenvalue weighted by atomic mass is 35.5. The molecule has 0 aromatic heterocycles. The maximum Gasteiger partial charge on any atom is 0.335 e. The topological polar surface area (TPSA) is 128 Å². The second-order valence-corrected chi connectivity index (χ2v) is 15.1. The first-order valence-corrected chi connectivity index (χ1v) is 17.4. The number of sulfonamides is 1. The molecule has 2 fully saturated rings. The van der Waals surface area contributed by atoms with Gasteiger partial charge in [0.2, 0.25) is 10.0 Å². The maximum absolute atomic E-state index is 12.0. The molecule has 1 spiro atoms. The molecule has 0 bridgehead atoms. The first-order valence-electron chi connectivity index (χ1n) is 15.3. The Morgan fingerprint density at radius 1 is 1.23 bits per heavy atom. The van der Waals surface area contributed by atoms with Crippen LogP contribution in [0.15, 0.2) is 36.4 Å². The summed E-state index contributed by atoms with van der Waals surface area (Å²) in [6.07, 6.45) is 5.76. The van der Waals surface area contributed by atoms with E-state index in [9.17, 15) is 18.3 Å². The molecule has 0 radical (unpaired) electrons. The largest absolute Gasteiger partial charge is 0.490 e. The summed E-state index contributed by atoms with van der Waals surface area (Å²) in [7, 11) is -3.57. The van der Waals surface area contributed by atoms with Gasteiger partial charge in [-0.2, -0.15) is 0 Å². The normalized spacial score (nSPS) is 30.5. The maximum atomic E-state index is 12.0. The Hall–Kier alpha value is -2.37. The molecule has 2 aromatic carbocycles. The fourth-order valence-electron chi connectivity index (χ4n) is 7.60. The number of nitrogens with zero attached hydrogens (tertiary/aromatic N) is 1. The van der Waals surface area contributed by atoms with Gasteiger partial charge in [-0.05, 0) is 85.4 Å². The molecule has 4 aliphatic rings. The van der Waals surface area contributed by atoms with Crippen LogP contribution in [0, 0.1) is 17.8 Å². The number of carboxylic acid groups (broad SMARTS) is 1. The number of aromatic carboxylic acids is 1. The highest BCUT2D eigenvalue weighted by Crippen LogP contribution is 2.47. The van der Waals surface area contributed by atoms with Crippen molar-refractivity contribution in [2.45, 2.75) is 63.1 Å². The number of fused-ring (bicyclic) bond motifs is 3. The summed E-state index contributed by atoms with van der Waals surface area (Å²) in [4.78, 5) is 14.3. The van der Waals surface area contributed by atoms with E-state index in [-0.39, 0.29) is 41.5 Å². The average Bonchev–Trinajstić information content (AvgIpc) is 3.09. The molecule has 1 saturated carbocycles. The van der Waals surface area contributed by atoms with Crippen molar-refractivity contribution >= 4 is 33.3 Å². The first-order chi connectivity index (χ1) is 20.5. The Morgan fingerprint density at radius 2 is 2.07 bits per heavy atom. The molecule has 6 atom stereocenters. The van der Waals surface area contributed by atoms with Gasteiger partial charge < -0.3 is 24.2 Å². The lowest BCUT2D eigenvalue weighted by Crippen LogP contribution is -2.51. The zero-order valence-electron chi connectivity index (χ0n) is 24.5. The van der Waals surface area contributed by atoms with Crippen LogP contribution in [-0.4, -0.2) is 70.4 Å². The van der Waals surface area contributed by atoms with Crippen LogP contribution in [0.4, 0.5) is 5.69 Å². The zero-order chi connectivity index (χ0) is 30.4. The van der Waals surface area contributed by atoms with Gasteiger partial charge in [0.1, 0.15) is 5.75 Å². The van der Waals surface area contributed by atoms with E-state index >= 15 is 0 Å². The number of carboxylic acids is 1. The number of anilines is 1. The molecule has 1 saturated heterocycles. The lowest BCUT2D eigenvalue weighted by atomic mass is 9.67. The van der Waals surface area contributed by atoms with Gasteiger partial charge in [0.05, 0.1) is 49.0 Å². The minimum Gasteiger partial charge on any atom is -0.490 e. The number of primary sulfonamides is 1. The van der Waals surface area contributed by atoms with E-state index in [2.05, 4.69) is 24.0 Å². The summed E-state index contributed by atoms with van der Waals surface area (Å²) in [6.45, 7) is 4.73. The third kappa shape index (κ3) is 6.54. The number of hydrogen-bond acceptors (Lipinski definition) is 7. The van der Waals surface area contributed by atoms with Crippen molar-refractivity contribution in [3.63, 3.8) is 0 Å². The lowest BCUT2D eigenvalue weighted by molar-refractivity contribution is -0.139. The lowest BCUT2D eigenvalue weighted by Gasteiger charge is -2.48. The van der Waals surface area contributed by atoms with Crippen molar-refractivity contribution in [2.75, 3.05) is 43.6 Å². The predicted octanol–water partition coefficient (Wildman–Crippen LogP) is 4.64. The quantitative estimate of drug-likeness (QED) is 0.431. The number of ether oxygens (including phenoxy) is 3. The molecule has 6 rings (SSSR count). The number of benzene rings is 2. The molecule has 2 heterocycles. The van der Waals surface area contributed by atoms with Gasteiger partial charge in [0.15, 0.2) is 0 Å². The van der Waals surface area contributed by atoms with Gasteiger partial charge in [-0.25, -0.2) is 18.4 Å². The number of halogens is 1. The van der Waals surface area contributed by atoms with Gasteiger partial charge in [-0.15, -0.1) is 0 Å². The van der Waals surface area contributed by atoms with Gasteiger partial charge in [-0.3, -0.25) is 0 Å². The third-order valence-electron chi connectivity index (χ3n) is 10.1. The number of carbonyl (C=O) groups is 1. The predicted molar refractivity (Wildman–Crippen MR) is 165 cm³/mol. The van der Waals surface area contributed by atoms with Crippen LogP contribution in [0.2, 0.25) is 5.02 Å². The van der Waals surface area contributed by atoms with Crippen LogP contribution in [0.5, 0.6) is 5.75 Å². The fraction of sp³-hybridized carbons (Fsp3) is 0.594. The summed E-state index contributed by atoms with van der Waals surface area (Å²) in [5.74, 6) is 0.413. The first kappa shape index (κ1) is 30.6. The minimum absolute atomic E-state index is 0.0222. The molecule has 9 nitrogen and oxygen atoms in total. The Kier molecular flexibility index (Phi) is 8.69. The van der Waals surface area contributed by atoms with E-state index in [4.69, 9.17) is 31.0 Å². The number of nitrogens with two attached hydrogens (primary N) is 1. The molecule has 2 unspecified atom stereocenters. The molecule has 234 valence electrons. The van der Waals surface area contributed by atoms with Crippen molar-refractivity contribution in [3.05, 3.63) is 58.1 Å². The van der Waals surface area contributed by atoms with Crippen molar-refractivity contribution in [2.24, 2.45) is 22.9 Å². The highest BCUT2D eigenvalue weighted by molar-refractivity contribution is 7.89. The number of aryl methyl sites for hydroxylation is 1. The second-order valence-electron chi connectivity index (χ2n) is 13.0. The highest BCUT2D eigenvalue weighted by Gasteiger charge is 2.46. The standard InChI is InChI=1S/C32H41ClN2O7S/c1-20-17-41-30(15-29(20)40-11-12-43(34,38)39)25-7-4-23(25)16-35-18-32(10-2-3-21-13-24(33)6-8-26(21)32)19-42-28-9-5-22(31(36)37)14-27(28)35/h5-6,8-9,13-14,20,23,25,29-30H,2-4,7,10-12,15-19H2,1H3,(H,36,37)(H2,34,38,39)/t20?,23-,25+,29-,30+,32?/m0/s1. The molecule has 0 amide bonds. The second kappa shape index (κ2) is 12.2. The van der Waals surface area contributed by atoms with Crippen LogP contribution >= 0.6 is 11.6 Å². The third-order valence-corrected chi connectivity index (χ3v) is 11.0. The molecular weight excluding hydrogens is 592 g/mol. The average molecular weight is 633 g/mol. The monoisotopic (exact) mass is 632 g/mol. The fourth-order valence-corrected chi connectivity index (χ4v) is 8.12. The summed E-state index contributed by atoms with van der Waals surface area (Å²) in [5, 5.41) is 15.7. The smallest absolute Gasteiger partial charge is 0.335 e. The minimum atomic E-state index is -3.57. The van der Waals surface area contributed by atoms with Crippen LogP contribution < -0.4 is 14.8 Å². The summed E-state index contributed by atoms with van der Waals surface area (Å²) in [6, 6.07) is 11.4. The summed E-state index contributed by atoms with van der Waals surface area (Å²) in [5.41, 5.74) is 3.37. The number of rotatable bonds is 8. The van der Waals surface area contributed by atoms with Gasteiger partial charge in [0, 0.05) is 35.9 Å². The Morgan fingerprint density at radius 3 is 2.81 bits per heavy atom. The van der Waals surface area contributed by atoms with Crippen molar-refractivity contribution in [1.29, 1.82) is 0 Å². The van der Waals surface area contributed by atoms with Crippen LogP contribution in [0.25, 0.3) is 0 Å². The van der Waals surface area contributed by atoms with E-state index in [0.29, 0.717) is 37.2 Å². The van der Waals surface area contributed by atoms with Gasteiger partial charge >= 0.3 is 5.97 Å². The zero-order valence-corrected chi connectivity index (χ0v) is 26.1. The summed E-state index contributed by atoms with van der Waals surface area (Å²) >= 11 is 6.39. The van der Waals surface area contributed by atoms with Gasteiger partial charge in [-0.1, -0.05) is 24.6 Å². The molecule has 43 heavy (non-hydrogen) atoms. The van der Waals surface area contributed by atoms with E-state index in [1.54, 1.807) is 18.2 Å². The number of hydrogen-bond donors (Lipinski definition) is 2. The molecule has 2 aliphatic heterocycles. The summed E-state index contributed by atoms with van der Waals surface area (Å²) < 4.78 is 41.6. The molecule has 3 N–H and O–H groups in total. The molecular formula is C32H41ClN2O7S. The Bertz CT molecular complexity index is 1470. The SMILES string of the molecule is CC1CO[C@@H]([C@@H]2CC[C@H]2CN2CC3(CCCc4cc(Cl)ccc43)COc3ccc(C(=O)O)cc32)C[C@@H]1OCCS(N)(=O)=O. The van der Waals surface area contributed by atoms with Crippen molar-refractivity contribution in [3.8, 4) is 5.75 Å². The van der Waals surface area contributed by atoms with Crippen LogP contribution in [-0.2, 0) is 31.3 Å². The Labute approximate surface area is 258 Å². The van der Waals surface area contributed by atoms with E-state index < -0.39 is 16.0 Å². The van der Waals surface area contributed by atoms with Crippen LogP contribution in [0.1, 0.15) is 60.5 Å². The Balaban J connectivity index is 1.24. The molecule has 2 aliphatic carbocycles. The van der Waals surface area contributed by atoms with Crippen LogP contribution in [0.3, 0.4) is 0 Å². The van der Waals surface area contributed by atoms with E-state index in [1.807, 2.05) is 6.07 Å².